The van der Waals surface area contributed by atoms with Gasteiger partial charge in [-0.05, 0) is 42.0 Å². The van der Waals surface area contributed by atoms with Crippen LogP contribution in [0.1, 0.15) is 16.1 Å². The van der Waals surface area contributed by atoms with Crippen LogP contribution in [-0.4, -0.2) is 34.2 Å². The molecule has 2 amide bonds. The molecule has 0 atom stereocenters. The molecule has 4 aromatic rings. The molecule has 0 aliphatic carbocycles. The second kappa shape index (κ2) is 10.0. The molecular formula is C23H20N4O5S. The minimum absolute atomic E-state index is 0.0637. The Labute approximate surface area is 192 Å². The molecule has 168 valence electrons. The number of para-hydroxylation sites is 1. The first-order valence-electron chi connectivity index (χ1n) is 9.93. The summed E-state index contributed by atoms with van der Waals surface area (Å²) in [5.41, 5.74) is 5.83. The number of nitrogens with zero attached hydrogens (tertiary/aromatic N) is 2. The highest BCUT2D eigenvalue weighted by Gasteiger charge is 2.15. The molecule has 0 aliphatic heterocycles. The molecule has 0 spiro atoms. The van der Waals surface area contributed by atoms with E-state index in [1.807, 2.05) is 24.3 Å². The average Bonchev–Trinajstić information content (AvgIpc) is 3.39. The predicted octanol–water partition coefficient (Wildman–Crippen LogP) is 2.60. The highest BCUT2D eigenvalue weighted by atomic mass is 32.2. The van der Waals surface area contributed by atoms with Crippen molar-refractivity contribution in [1.82, 2.24) is 20.4 Å². The third-order valence-electron chi connectivity index (χ3n) is 4.72. The maximum Gasteiger partial charge on any atom is 0.305 e. The quantitative estimate of drug-likeness (QED) is 0.245. The number of furan rings is 1. The summed E-state index contributed by atoms with van der Waals surface area (Å²) in [6.45, 7) is 0.278. The zero-order valence-corrected chi connectivity index (χ0v) is 18.4. The van der Waals surface area contributed by atoms with Crippen molar-refractivity contribution in [3.8, 4) is 5.75 Å². The van der Waals surface area contributed by atoms with Crippen molar-refractivity contribution < 1.29 is 18.7 Å². The highest BCUT2D eigenvalue weighted by molar-refractivity contribution is 7.99. The van der Waals surface area contributed by atoms with E-state index in [9.17, 15) is 14.4 Å². The fourth-order valence-corrected chi connectivity index (χ4v) is 3.87. The third kappa shape index (κ3) is 5.24. The van der Waals surface area contributed by atoms with Crippen molar-refractivity contribution in [2.24, 2.45) is 0 Å². The van der Waals surface area contributed by atoms with E-state index in [1.165, 1.54) is 16.9 Å². The first kappa shape index (κ1) is 22.2. The number of nitrogens with one attached hydrogen (secondary N) is 2. The number of hydrogen-bond acceptors (Lipinski definition) is 7. The molecule has 0 radical (unpaired) electrons. The fraction of sp³-hybridized carbons (Fsp3) is 0.130. The van der Waals surface area contributed by atoms with E-state index in [2.05, 4.69) is 15.8 Å². The van der Waals surface area contributed by atoms with Crippen molar-refractivity contribution in [3.63, 3.8) is 0 Å². The number of fused-ring (bicyclic) bond motifs is 1. The van der Waals surface area contributed by atoms with E-state index in [1.54, 1.807) is 37.4 Å². The van der Waals surface area contributed by atoms with Gasteiger partial charge < -0.3 is 9.15 Å². The molecule has 0 bridgehead atoms. The fourth-order valence-electron chi connectivity index (χ4n) is 3.07. The van der Waals surface area contributed by atoms with Crippen LogP contribution in [0.4, 0.5) is 0 Å². The van der Waals surface area contributed by atoms with Gasteiger partial charge in [-0.15, -0.1) is 0 Å². The lowest BCUT2D eigenvalue weighted by atomic mass is 10.2. The Hall–Kier alpha value is -4.05. The van der Waals surface area contributed by atoms with Gasteiger partial charge in [-0.2, -0.15) is 0 Å². The zero-order valence-electron chi connectivity index (χ0n) is 17.6. The normalized spacial score (nSPS) is 10.7. The second-order valence-corrected chi connectivity index (χ2v) is 7.86. The average molecular weight is 465 g/mol. The van der Waals surface area contributed by atoms with E-state index in [4.69, 9.17) is 9.15 Å². The Kier molecular flexibility index (Phi) is 6.75. The third-order valence-corrected chi connectivity index (χ3v) is 5.70. The Balaban J connectivity index is 1.52. The second-order valence-electron chi connectivity index (χ2n) is 6.92. The summed E-state index contributed by atoms with van der Waals surface area (Å²) in [5, 5.41) is 0.882. The van der Waals surface area contributed by atoms with Crippen LogP contribution in [0.25, 0.3) is 10.9 Å². The van der Waals surface area contributed by atoms with Crippen LogP contribution in [0, 0.1) is 0 Å². The van der Waals surface area contributed by atoms with Crippen molar-refractivity contribution in [2.45, 2.75) is 11.7 Å². The largest absolute Gasteiger partial charge is 0.497 e. The number of amides is 2. The number of hydrazine groups is 1. The zero-order chi connectivity index (χ0) is 23.2. The van der Waals surface area contributed by atoms with Crippen LogP contribution in [0.15, 0.2) is 81.3 Å². The number of hydrogen-bond donors (Lipinski definition) is 2. The molecule has 0 aliphatic rings. The van der Waals surface area contributed by atoms with Gasteiger partial charge in [-0.3, -0.25) is 29.8 Å². The number of ether oxygens (including phenoxy) is 1. The first-order valence-corrected chi connectivity index (χ1v) is 10.9. The number of carbonyl (C=O) groups is 2. The first-order chi connectivity index (χ1) is 16.0. The number of rotatable bonds is 7. The molecule has 2 heterocycles. The van der Waals surface area contributed by atoms with Crippen molar-refractivity contribution in [3.05, 3.63) is 88.6 Å². The summed E-state index contributed by atoms with van der Waals surface area (Å²) in [6, 6.07) is 17.5. The van der Waals surface area contributed by atoms with Crippen LogP contribution in [0.2, 0.25) is 0 Å². The van der Waals surface area contributed by atoms with Crippen molar-refractivity contribution >= 4 is 34.5 Å². The summed E-state index contributed by atoms with van der Waals surface area (Å²) in [6.07, 6.45) is 1.36. The topological polar surface area (TPSA) is 115 Å². The van der Waals surface area contributed by atoms with Gasteiger partial charge >= 0.3 is 5.91 Å². The summed E-state index contributed by atoms with van der Waals surface area (Å²) in [4.78, 5) is 41.9. The molecular weight excluding hydrogens is 444 g/mol. The Morgan fingerprint density at radius 3 is 2.58 bits per heavy atom. The molecule has 2 aromatic carbocycles. The van der Waals surface area contributed by atoms with Crippen LogP contribution in [0.5, 0.6) is 5.75 Å². The van der Waals surface area contributed by atoms with Crippen molar-refractivity contribution in [2.75, 3.05) is 12.9 Å². The lowest BCUT2D eigenvalue weighted by molar-refractivity contribution is -0.119. The molecule has 0 fully saturated rings. The SMILES string of the molecule is COc1ccc(Cn2c(SCC(=O)NNC(=O)c3ccco3)nc3ccccc3c2=O)cc1. The van der Waals surface area contributed by atoms with Crippen LogP contribution < -0.4 is 21.1 Å². The molecule has 2 N–H and O–H groups in total. The van der Waals surface area contributed by atoms with E-state index in [-0.39, 0.29) is 23.6 Å². The van der Waals surface area contributed by atoms with Gasteiger partial charge in [0.15, 0.2) is 10.9 Å². The van der Waals surface area contributed by atoms with Gasteiger partial charge in [0.25, 0.3) is 5.56 Å². The monoisotopic (exact) mass is 464 g/mol. The standard InChI is InChI=1S/C23H20N4O5S/c1-31-16-10-8-15(9-11-16)13-27-22(30)17-5-2-3-6-18(17)24-23(27)33-14-20(28)25-26-21(29)19-7-4-12-32-19/h2-12H,13-14H2,1H3,(H,25,28)(H,26,29). The summed E-state index contributed by atoms with van der Waals surface area (Å²) in [5.74, 6) is -0.304. The molecule has 2 aromatic heterocycles. The number of aromatic nitrogens is 2. The molecule has 10 heteroatoms. The number of thioether (sulfide) groups is 1. The lowest BCUT2D eigenvalue weighted by Gasteiger charge is -2.13. The maximum atomic E-state index is 13.2. The van der Waals surface area contributed by atoms with Gasteiger partial charge in [0.2, 0.25) is 5.91 Å². The Morgan fingerprint density at radius 1 is 1.06 bits per heavy atom. The van der Waals surface area contributed by atoms with E-state index in [0.29, 0.717) is 21.8 Å². The minimum atomic E-state index is -0.571. The highest BCUT2D eigenvalue weighted by Crippen LogP contribution is 2.20. The van der Waals surface area contributed by atoms with Crippen molar-refractivity contribution in [1.29, 1.82) is 0 Å². The van der Waals surface area contributed by atoms with Crippen LogP contribution in [-0.2, 0) is 11.3 Å². The predicted molar refractivity (Wildman–Crippen MR) is 123 cm³/mol. The molecule has 0 unspecified atom stereocenters. The minimum Gasteiger partial charge on any atom is -0.497 e. The Bertz CT molecular complexity index is 1330. The van der Waals surface area contributed by atoms with Gasteiger partial charge in [-0.1, -0.05) is 36.0 Å². The summed E-state index contributed by atoms with van der Waals surface area (Å²) in [7, 11) is 1.59. The number of carbonyl (C=O) groups excluding carboxylic acids is 2. The van der Waals surface area contributed by atoms with E-state index in [0.717, 1.165) is 17.3 Å². The lowest BCUT2D eigenvalue weighted by Crippen LogP contribution is -2.42. The van der Waals surface area contributed by atoms with Gasteiger partial charge in [-0.25, -0.2) is 4.98 Å². The molecule has 0 saturated heterocycles. The molecule has 9 nitrogen and oxygen atoms in total. The van der Waals surface area contributed by atoms with Gasteiger partial charge in [0, 0.05) is 0 Å². The van der Waals surface area contributed by atoms with Crippen LogP contribution >= 0.6 is 11.8 Å². The molecule has 0 saturated carbocycles. The van der Waals surface area contributed by atoms with E-state index < -0.39 is 11.8 Å². The summed E-state index contributed by atoms with van der Waals surface area (Å²) >= 11 is 1.10. The molecule has 4 rings (SSSR count). The van der Waals surface area contributed by atoms with Gasteiger partial charge in [0.05, 0.1) is 36.6 Å². The summed E-state index contributed by atoms with van der Waals surface area (Å²) < 4.78 is 11.7. The smallest absolute Gasteiger partial charge is 0.305 e. The number of benzene rings is 2. The van der Waals surface area contributed by atoms with Gasteiger partial charge in [0.1, 0.15) is 5.75 Å². The number of methoxy groups -OCH3 is 1. The van der Waals surface area contributed by atoms with Crippen LogP contribution in [0.3, 0.4) is 0 Å². The molecule has 33 heavy (non-hydrogen) atoms. The van der Waals surface area contributed by atoms with E-state index >= 15 is 0 Å². The Morgan fingerprint density at radius 2 is 1.85 bits per heavy atom. The maximum absolute atomic E-state index is 13.2.